The Balaban J connectivity index is 2.57. The topological polar surface area (TPSA) is 56.3 Å². The molecule has 140 valence electrons. The summed E-state index contributed by atoms with van der Waals surface area (Å²) in [5.74, 6) is 0.102. The average molecular weight is 366 g/mol. The van der Waals surface area contributed by atoms with Crippen molar-refractivity contribution in [3.8, 4) is 0 Å². The molecule has 1 aromatic rings. The minimum Gasteiger partial charge on any atom is -0.462 e. The molecule has 1 rings (SSSR count). The van der Waals surface area contributed by atoms with Crippen LogP contribution in [0.15, 0.2) is 17.0 Å². The van der Waals surface area contributed by atoms with Gasteiger partial charge >= 0.3 is 5.97 Å². The fourth-order valence-corrected chi connectivity index (χ4v) is 3.39. The first-order chi connectivity index (χ1) is 11.8. The smallest absolute Gasteiger partial charge is 0.302 e. The van der Waals surface area contributed by atoms with Crippen molar-refractivity contribution in [3.05, 3.63) is 27.7 Å². The summed E-state index contributed by atoms with van der Waals surface area (Å²) in [5, 5.41) is 3.14. The van der Waals surface area contributed by atoms with E-state index in [4.69, 9.17) is 4.74 Å². The summed E-state index contributed by atoms with van der Waals surface area (Å²) < 4.78 is 5.55. The van der Waals surface area contributed by atoms with Gasteiger partial charge < -0.3 is 9.53 Å². The van der Waals surface area contributed by atoms with Gasteiger partial charge in [0.1, 0.15) is 12.4 Å². The molecule has 0 radical (unpaired) electrons. The molecule has 0 saturated carbocycles. The Morgan fingerprint density at radius 3 is 2.64 bits per heavy atom. The lowest BCUT2D eigenvalue weighted by Gasteiger charge is -2.22. The van der Waals surface area contributed by atoms with Crippen molar-refractivity contribution in [2.45, 2.75) is 72.8 Å². The molecule has 5 heteroatoms. The number of esters is 1. The fraction of sp³-hybridized carbons (Fsp3) is 0.650. The number of hydrogen-bond acceptors (Lipinski definition) is 5. The summed E-state index contributed by atoms with van der Waals surface area (Å²) in [4.78, 5) is 26.6. The van der Waals surface area contributed by atoms with Crippen molar-refractivity contribution < 1.29 is 14.3 Å². The second-order valence-corrected chi connectivity index (χ2v) is 8.04. The number of ether oxygens (including phenoxy) is 1. The van der Waals surface area contributed by atoms with Gasteiger partial charge in [0.25, 0.3) is 0 Å². The van der Waals surface area contributed by atoms with E-state index >= 15 is 0 Å². The SMILES string of the molecule is CC(=O)OC(CC=C(C)CCCC(C)C=O)C(C)Cc1csc(C)n1. The van der Waals surface area contributed by atoms with Gasteiger partial charge in [0, 0.05) is 24.6 Å². The minimum atomic E-state index is -0.239. The second-order valence-electron chi connectivity index (χ2n) is 6.98. The third kappa shape index (κ3) is 8.96. The van der Waals surface area contributed by atoms with Gasteiger partial charge in [-0.05, 0) is 45.4 Å². The van der Waals surface area contributed by atoms with Gasteiger partial charge in [0.2, 0.25) is 0 Å². The van der Waals surface area contributed by atoms with E-state index in [-0.39, 0.29) is 23.9 Å². The van der Waals surface area contributed by atoms with Crippen molar-refractivity contribution >= 4 is 23.6 Å². The number of thiazole rings is 1. The maximum atomic E-state index is 11.5. The molecule has 3 unspecified atom stereocenters. The molecule has 0 aliphatic carbocycles. The predicted molar refractivity (Wildman–Crippen MR) is 103 cm³/mol. The van der Waals surface area contributed by atoms with E-state index in [0.717, 1.165) is 49.1 Å². The third-order valence-corrected chi connectivity index (χ3v) is 5.13. The molecule has 1 aromatic heterocycles. The normalized spacial score (nSPS) is 15.5. The van der Waals surface area contributed by atoms with Gasteiger partial charge in [0.05, 0.1) is 10.7 Å². The van der Waals surface area contributed by atoms with Crippen molar-refractivity contribution in [1.29, 1.82) is 0 Å². The minimum absolute atomic E-state index is 0.128. The number of nitrogens with zero attached hydrogens (tertiary/aromatic N) is 1. The quantitative estimate of drug-likeness (QED) is 0.318. The molecule has 0 aromatic carbocycles. The van der Waals surface area contributed by atoms with Crippen LogP contribution in [0.5, 0.6) is 0 Å². The van der Waals surface area contributed by atoms with Gasteiger partial charge in [-0.1, -0.05) is 25.5 Å². The highest BCUT2D eigenvalue weighted by Crippen LogP contribution is 2.21. The highest BCUT2D eigenvalue weighted by Gasteiger charge is 2.20. The zero-order valence-corrected chi connectivity index (χ0v) is 16.9. The number of aromatic nitrogens is 1. The Bertz CT molecular complexity index is 579. The van der Waals surface area contributed by atoms with E-state index in [0.29, 0.717) is 0 Å². The Morgan fingerprint density at radius 2 is 2.08 bits per heavy atom. The van der Waals surface area contributed by atoms with Crippen LogP contribution in [0, 0.1) is 18.8 Å². The lowest BCUT2D eigenvalue weighted by atomic mass is 9.95. The number of rotatable bonds is 11. The summed E-state index contributed by atoms with van der Waals surface area (Å²) in [6.07, 6.45) is 7.48. The van der Waals surface area contributed by atoms with Gasteiger partial charge in [-0.2, -0.15) is 0 Å². The Morgan fingerprint density at radius 1 is 1.36 bits per heavy atom. The molecule has 3 atom stereocenters. The molecule has 0 aliphatic heterocycles. The molecule has 0 spiro atoms. The first kappa shape index (κ1) is 21.6. The second kappa shape index (κ2) is 11.2. The van der Waals surface area contributed by atoms with Crippen LogP contribution in [-0.2, 0) is 20.7 Å². The Kier molecular flexibility index (Phi) is 9.65. The van der Waals surface area contributed by atoms with Crippen LogP contribution in [-0.4, -0.2) is 23.3 Å². The lowest BCUT2D eigenvalue weighted by molar-refractivity contribution is -0.148. The molecule has 0 N–H and O–H groups in total. The molecule has 25 heavy (non-hydrogen) atoms. The summed E-state index contributed by atoms with van der Waals surface area (Å²) >= 11 is 1.65. The van der Waals surface area contributed by atoms with Gasteiger partial charge in [0.15, 0.2) is 0 Å². The van der Waals surface area contributed by atoms with Gasteiger partial charge in [-0.3, -0.25) is 4.79 Å². The first-order valence-electron chi connectivity index (χ1n) is 9.01. The highest BCUT2D eigenvalue weighted by atomic mass is 32.1. The number of allylic oxidation sites excluding steroid dienone is 1. The van der Waals surface area contributed by atoms with Crippen LogP contribution in [0.3, 0.4) is 0 Å². The van der Waals surface area contributed by atoms with E-state index in [1.807, 2.05) is 13.8 Å². The van der Waals surface area contributed by atoms with Crippen LogP contribution < -0.4 is 0 Å². The molecular weight excluding hydrogens is 334 g/mol. The van der Waals surface area contributed by atoms with Crippen LogP contribution in [0.4, 0.5) is 0 Å². The van der Waals surface area contributed by atoms with Gasteiger partial charge in [-0.15, -0.1) is 11.3 Å². The van der Waals surface area contributed by atoms with Crippen molar-refractivity contribution in [2.24, 2.45) is 11.8 Å². The molecule has 0 amide bonds. The summed E-state index contributed by atoms with van der Waals surface area (Å²) in [6, 6.07) is 0. The average Bonchev–Trinajstić information content (AvgIpc) is 2.95. The number of hydrogen-bond donors (Lipinski definition) is 0. The number of carbonyl (C=O) groups excluding carboxylic acids is 2. The molecule has 4 nitrogen and oxygen atoms in total. The Hall–Kier alpha value is -1.49. The van der Waals surface area contributed by atoms with E-state index in [1.165, 1.54) is 12.5 Å². The standard InChI is InChI=1S/C20H31NO3S/c1-14(7-6-8-15(2)12-22)9-10-20(24-18(5)23)16(3)11-19-13-25-17(4)21-19/h9,12-13,15-16,20H,6-8,10-11H2,1-5H3. The monoisotopic (exact) mass is 365 g/mol. The maximum absolute atomic E-state index is 11.5. The number of aldehydes is 1. The molecule has 0 aliphatic rings. The van der Waals surface area contributed by atoms with Crippen LogP contribution in [0.2, 0.25) is 0 Å². The van der Waals surface area contributed by atoms with Crippen molar-refractivity contribution in [3.63, 3.8) is 0 Å². The van der Waals surface area contributed by atoms with Crippen molar-refractivity contribution in [1.82, 2.24) is 4.98 Å². The molecule has 0 saturated heterocycles. The molecule has 0 bridgehead atoms. The fourth-order valence-electron chi connectivity index (χ4n) is 2.76. The first-order valence-corrected chi connectivity index (χ1v) is 9.89. The summed E-state index contributed by atoms with van der Waals surface area (Å²) in [5.41, 5.74) is 2.35. The van der Waals surface area contributed by atoms with Crippen LogP contribution >= 0.6 is 11.3 Å². The van der Waals surface area contributed by atoms with Gasteiger partial charge in [-0.25, -0.2) is 4.98 Å². The van der Waals surface area contributed by atoms with Crippen LogP contribution in [0.1, 0.15) is 64.1 Å². The van der Waals surface area contributed by atoms with Crippen molar-refractivity contribution in [2.75, 3.05) is 0 Å². The van der Waals surface area contributed by atoms with E-state index in [9.17, 15) is 9.59 Å². The number of aryl methyl sites for hydroxylation is 1. The number of carbonyl (C=O) groups is 2. The molecule has 1 heterocycles. The molecule has 0 fully saturated rings. The third-order valence-electron chi connectivity index (χ3n) is 4.31. The predicted octanol–water partition coefficient (Wildman–Crippen LogP) is 4.90. The zero-order valence-electron chi connectivity index (χ0n) is 16.1. The largest absolute Gasteiger partial charge is 0.462 e. The summed E-state index contributed by atoms with van der Waals surface area (Å²) in [6.45, 7) is 9.62. The summed E-state index contributed by atoms with van der Waals surface area (Å²) in [7, 11) is 0. The van der Waals surface area contributed by atoms with E-state index < -0.39 is 0 Å². The zero-order chi connectivity index (χ0) is 18.8. The highest BCUT2D eigenvalue weighted by molar-refractivity contribution is 7.09. The van der Waals surface area contributed by atoms with Crippen LogP contribution in [0.25, 0.3) is 0 Å². The lowest BCUT2D eigenvalue weighted by Crippen LogP contribution is -2.25. The maximum Gasteiger partial charge on any atom is 0.302 e. The van der Waals surface area contributed by atoms with E-state index in [1.54, 1.807) is 11.3 Å². The molecular formula is C20H31NO3S. The van der Waals surface area contributed by atoms with E-state index in [2.05, 4.69) is 30.3 Å². The Labute approximate surface area is 155 Å².